The largest absolute Gasteiger partial charge is 0.485 e. The zero-order valence-corrected chi connectivity index (χ0v) is 12.6. The van der Waals surface area contributed by atoms with Crippen LogP contribution in [0, 0.1) is 0 Å². The molecule has 0 spiro atoms. The molecule has 0 saturated carbocycles. The van der Waals surface area contributed by atoms with Gasteiger partial charge in [0.2, 0.25) is 0 Å². The summed E-state index contributed by atoms with van der Waals surface area (Å²) in [6, 6.07) is 9.65. The smallest absolute Gasteiger partial charge is 0.251 e. The Morgan fingerprint density at radius 3 is 2.73 bits per heavy atom. The molecule has 5 nitrogen and oxygen atoms in total. The number of hydrogen-bond donors (Lipinski definition) is 2. The van der Waals surface area contributed by atoms with E-state index in [4.69, 9.17) is 4.74 Å². The number of aliphatic hydroxyl groups is 2. The minimum atomic E-state index is -0.894. The average Bonchev–Trinajstić information content (AvgIpc) is 2.49. The maximum Gasteiger partial charge on any atom is 0.251 e. The molecule has 0 bridgehead atoms. The van der Waals surface area contributed by atoms with Gasteiger partial charge < -0.3 is 19.5 Å². The first-order chi connectivity index (χ1) is 10.4. The van der Waals surface area contributed by atoms with E-state index in [1.807, 2.05) is 0 Å². The lowest BCUT2D eigenvalue weighted by atomic mass is 9.85. The van der Waals surface area contributed by atoms with Gasteiger partial charge in [-0.3, -0.25) is 4.79 Å². The highest BCUT2D eigenvalue weighted by Gasteiger charge is 2.44. The third-order valence-corrected chi connectivity index (χ3v) is 4.11. The van der Waals surface area contributed by atoms with Crippen molar-refractivity contribution in [2.24, 2.45) is 0 Å². The van der Waals surface area contributed by atoms with Gasteiger partial charge in [0.05, 0.1) is 12.6 Å². The SMILES string of the molecule is CC1(C)Oc2ccc(CO)cc2C(n2ccccc2=O)C1O. The highest BCUT2D eigenvalue weighted by molar-refractivity contribution is 5.43. The molecule has 5 heteroatoms. The van der Waals surface area contributed by atoms with Crippen molar-refractivity contribution in [3.05, 3.63) is 64.1 Å². The summed E-state index contributed by atoms with van der Waals surface area (Å²) in [5, 5.41) is 20.1. The van der Waals surface area contributed by atoms with Crippen LogP contribution < -0.4 is 10.3 Å². The molecule has 22 heavy (non-hydrogen) atoms. The number of hydrogen-bond acceptors (Lipinski definition) is 4. The minimum absolute atomic E-state index is 0.108. The Hall–Kier alpha value is -2.11. The quantitative estimate of drug-likeness (QED) is 0.881. The fraction of sp³-hybridized carbons (Fsp3) is 0.353. The molecule has 3 rings (SSSR count). The van der Waals surface area contributed by atoms with Crippen molar-refractivity contribution < 1.29 is 14.9 Å². The Morgan fingerprint density at radius 2 is 2.05 bits per heavy atom. The molecule has 2 unspecified atom stereocenters. The van der Waals surface area contributed by atoms with E-state index in [1.165, 1.54) is 10.6 Å². The van der Waals surface area contributed by atoms with Crippen molar-refractivity contribution in [2.75, 3.05) is 0 Å². The van der Waals surface area contributed by atoms with Gasteiger partial charge >= 0.3 is 0 Å². The fourth-order valence-corrected chi connectivity index (χ4v) is 2.89. The molecule has 0 amide bonds. The van der Waals surface area contributed by atoms with Gasteiger partial charge in [0.25, 0.3) is 5.56 Å². The molecule has 2 N–H and O–H groups in total. The fourth-order valence-electron chi connectivity index (χ4n) is 2.89. The number of rotatable bonds is 2. The summed E-state index contributed by atoms with van der Waals surface area (Å²) in [7, 11) is 0. The second kappa shape index (κ2) is 5.26. The molecule has 1 aromatic carbocycles. The van der Waals surface area contributed by atoms with E-state index in [0.29, 0.717) is 16.9 Å². The van der Waals surface area contributed by atoms with Crippen LogP contribution in [0.1, 0.15) is 31.0 Å². The molecule has 2 heterocycles. The molecular weight excluding hydrogens is 282 g/mol. The van der Waals surface area contributed by atoms with Gasteiger partial charge in [-0.15, -0.1) is 0 Å². The second-order valence-electron chi connectivity index (χ2n) is 6.07. The van der Waals surface area contributed by atoms with Crippen LogP contribution in [0.3, 0.4) is 0 Å². The second-order valence-corrected chi connectivity index (χ2v) is 6.07. The maximum absolute atomic E-state index is 12.2. The van der Waals surface area contributed by atoms with Crippen molar-refractivity contribution in [1.29, 1.82) is 0 Å². The lowest BCUT2D eigenvalue weighted by Crippen LogP contribution is -2.52. The van der Waals surface area contributed by atoms with Crippen LogP contribution in [0.5, 0.6) is 5.75 Å². The van der Waals surface area contributed by atoms with Crippen LogP contribution in [0.25, 0.3) is 0 Å². The predicted molar refractivity (Wildman–Crippen MR) is 81.9 cm³/mol. The molecule has 2 atom stereocenters. The maximum atomic E-state index is 12.2. The predicted octanol–water partition coefficient (Wildman–Crippen LogP) is 1.46. The Morgan fingerprint density at radius 1 is 1.27 bits per heavy atom. The van der Waals surface area contributed by atoms with Crippen molar-refractivity contribution in [1.82, 2.24) is 4.57 Å². The molecular formula is C17H19NO4. The van der Waals surface area contributed by atoms with Gasteiger partial charge in [-0.05, 0) is 37.6 Å². The zero-order valence-electron chi connectivity index (χ0n) is 12.6. The van der Waals surface area contributed by atoms with Crippen molar-refractivity contribution in [3.8, 4) is 5.75 Å². The Bertz CT molecular complexity index is 750. The molecule has 1 aliphatic heterocycles. The molecule has 2 aromatic rings. The number of nitrogens with zero attached hydrogens (tertiary/aromatic N) is 1. The number of ether oxygens (including phenoxy) is 1. The summed E-state index contributed by atoms with van der Waals surface area (Å²) in [6.07, 6.45) is 0.765. The summed E-state index contributed by atoms with van der Waals surface area (Å²) >= 11 is 0. The number of aromatic nitrogens is 1. The van der Waals surface area contributed by atoms with Crippen LogP contribution in [-0.2, 0) is 6.61 Å². The highest BCUT2D eigenvalue weighted by atomic mass is 16.5. The lowest BCUT2D eigenvalue weighted by Gasteiger charge is -2.42. The molecule has 0 saturated heterocycles. The van der Waals surface area contributed by atoms with Gasteiger partial charge in [0.1, 0.15) is 17.5 Å². The summed E-state index contributed by atoms with van der Waals surface area (Å²) in [4.78, 5) is 12.2. The number of aliphatic hydroxyl groups excluding tert-OH is 2. The Kier molecular flexibility index (Phi) is 3.54. The van der Waals surface area contributed by atoms with Gasteiger partial charge in [0.15, 0.2) is 0 Å². The van der Waals surface area contributed by atoms with E-state index in [-0.39, 0.29) is 12.2 Å². The Labute approximate surface area is 128 Å². The van der Waals surface area contributed by atoms with Crippen molar-refractivity contribution >= 4 is 0 Å². The van der Waals surface area contributed by atoms with Gasteiger partial charge in [-0.25, -0.2) is 0 Å². The van der Waals surface area contributed by atoms with Crippen LogP contribution in [0.15, 0.2) is 47.4 Å². The molecule has 0 radical (unpaired) electrons. The van der Waals surface area contributed by atoms with Crippen LogP contribution in [-0.4, -0.2) is 26.5 Å². The zero-order chi connectivity index (χ0) is 15.9. The highest BCUT2D eigenvalue weighted by Crippen LogP contribution is 2.41. The standard InChI is InChI=1S/C17H19NO4/c1-17(2)16(21)15(18-8-4-3-5-14(18)20)12-9-11(10-19)6-7-13(12)22-17/h3-9,15-16,19,21H,10H2,1-2H3. The van der Waals surface area contributed by atoms with Crippen molar-refractivity contribution in [3.63, 3.8) is 0 Å². The van der Waals surface area contributed by atoms with E-state index < -0.39 is 17.7 Å². The van der Waals surface area contributed by atoms with E-state index in [2.05, 4.69) is 0 Å². The van der Waals surface area contributed by atoms with E-state index >= 15 is 0 Å². The summed E-state index contributed by atoms with van der Waals surface area (Å²) < 4.78 is 7.38. The third-order valence-electron chi connectivity index (χ3n) is 4.11. The van der Waals surface area contributed by atoms with E-state index in [9.17, 15) is 15.0 Å². The summed E-state index contributed by atoms with van der Waals surface area (Å²) in [5.41, 5.74) is 0.396. The first kappa shape index (κ1) is 14.8. The van der Waals surface area contributed by atoms with E-state index in [1.54, 1.807) is 50.4 Å². The average molecular weight is 301 g/mol. The van der Waals surface area contributed by atoms with Gasteiger partial charge in [-0.1, -0.05) is 12.1 Å². The third kappa shape index (κ3) is 2.32. The first-order valence-corrected chi connectivity index (χ1v) is 7.22. The van der Waals surface area contributed by atoms with E-state index in [0.717, 1.165) is 0 Å². The first-order valence-electron chi connectivity index (χ1n) is 7.22. The number of benzene rings is 1. The minimum Gasteiger partial charge on any atom is -0.485 e. The monoisotopic (exact) mass is 301 g/mol. The van der Waals surface area contributed by atoms with Crippen LogP contribution in [0.2, 0.25) is 0 Å². The van der Waals surface area contributed by atoms with Crippen LogP contribution >= 0.6 is 0 Å². The normalized spacial score (nSPS) is 22.7. The van der Waals surface area contributed by atoms with Crippen LogP contribution in [0.4, 0.5) is 0 Å². The molecule has 0 aliphatic carbocycles. The topological polar surface area (TPSA) is 71.7 Å². The van der Waals surface area contributed by atoms with Crippen molar-refractivity contribution in [2.45, 2.75) is 38.2 Å². The molecule has 1 aliphatic rings. The number of fused-ring (bicyclic) bond motifs is 1. The molecule has 0 fully saturated rings. The van der Waals surface area contributed by atoms with Gasteiger partial charge in [0, 0.05) is 17.8 Å². The van der Waals surface area contributed by atoms with Gasteiger partial charge in [-0.2, -0.15) is 0 Å². The lowest BCUT2D eigenvalue weighted by molar-refractivity contribution is -0.0643. The molecule has 1 aromatic heterocycles. The molecule has 116 valence electrons. The number of pyridine rings is 1. The summed E-state index contributed by atoms with van der Waals surface area (Å²) in [6.45, 7) is 3.48. The Balaban J connectivity index is 2.23. The summed E-state index contributed by atoms with van der Waals surface area (Å²) in [5.74, 6) is 0.619.